The number of hydrogen-bond donors (Lipinski definition) is 1. The zero-order valence-electron chi connectivity index (χ0n) is 11.9. The van der Waals surface area contributed by atoms with Crippen molar-refractivity contribution in [3.8, 4) is 0 Å². The smallest absolute Gasteiger partial charge is 0.226 e. The van der Waals surface area contributed by atoms with Gasteiger partial charge in [-0.05, 0) is 29.3 Å². The molecule has 1 N–H and O–H groups in total. The van der Waals surface area contributed by atoms with Gasteiger partial charge in [0.2, 0.25) is 5.95 Å². The van der Waals surface area contributed by atoms with Crippen LogP contribution in [0, 0.1) is 0 Å². The van der Waals surface area contributed by atoms with Crippen LogP contribution in [-0.4, -0.2) is 14.8 Å². The summed E-state index contributed by atoms with van der Waals surface area (Å²) in [6.07, 6.45) is 3.62. The Morgan fingerprint density at radius 2 is 1.87 bits per heavy atom. The van der Waals surface area contributed by atoms with Crippen molar-refractivity contribution in [3.05, 3.63) is 82.1 Å². The summed E-state index contributed by atoms with van der Waals surface area (Å²) in [6, 6.07) is 15.4. The zero-order chi connectivity index (χ0) is 15.8. The van der Waals surface area contributed by atoms with E-state index in [1.54, 1.807) is 6.07 Å². The van der Waals surface area contributed by atoms with Crippen molar-refractivity contribution >= 4 is 34.8 Å². The molecule has 0 aliphatic carbocycles. The van der Waals surface area contributed by atoms with Crippen LogP contribution < -0.4 is 5.32 Å². The standard InChI is InChI=1S/C17H12Cl2N4/c18-12-6-7-13(14(19)8-12)16-9-15(11-4-2-1-3-5-11)22-17-20-10-21-23(16)17/h1-10,16H,(H,20,21,22)/t16-/m0/s1. The van der Waals surface area contributed by atoms with Crippen molar-refractivity contribution in [3.63, 3.8) is 0 Å². The highest BCUT2D eigenvalue weighted by Crippen LogP contribution is 2.35. The molecule has 4 rings (SSSR count). The Balaban J connectivity index is 1.85. The van der Waals surface area contributed by atoms with E-state index in [0.717, 1.165) is 16.8 Å². The molecule has 0 unspecified atom stereocenters. The number of allylic oxidation sites excluding steroid dienone is 1. The molecular formula is C17H12Cl2N4. The second-order valence-electron chi connectivity index (χ2n) is 5.21. The van der Waals surface area contributed by atoms with Crippen LogP contribution in [0.2, 0.25) is 10.0 Å². The molecule has 4 nitrogen and oxygen atoms in total. The number of nitrogens with zero attached hydrogens (tertiary/aromatic N) is 3. The Morgan fingerprint density at radius 1 is 1.04 bits per heavy atom. The Hall–Kier alpha value is -2.30. The molecule has 6 heteroatoms. The van der Waals surface area contributed by atoms with Gasteiger partial charge in [0.1, 0.15) is 12.4 Å². The fourth-order valence-corrected chi connectivity index (χ4v) is 3.20. The van der Waals surface area contributed by atoms with Gasteiger partial charge < -0.3 is 5.32 Å². The number of hydrogen-bond acceptors (Lipinski definition) is 3. The molecule has 1 aliphatic heterocycles. The van der Waals surface area contributed by atoms with E-state index in [9.17, 15) is 0 Å². The maximum absolute atomic E-state index is 6.39. The molecule has 23 heavy (non-hydrogen) atoms. The zero-order valence-corrected chi connectivity index (χ0v) is 13.5. The molecule has 0 spiro atoms. The van der Waals surface area contributed by atoms with E-state index in [-0.39, 0.29) is 6.04 Å². The minimum Gasteiger partial charge on any atom is -0.324 e. The van der Waals surface area contributed by atoms with Gasteiger partial charge in [0.25, 0.3) is 0 Å². The van der Waals surface area contributed by atoms with E-state index >= 15 is 0 Å². The molecule has 2 heterocycles. The van der Waals surface area contributed by atoms with E-state index in [4.69, 9.17) is 23.2 Å². The first-order chi connectivity index (χ1) is 11.2. The summed E-state index contributed by atoms with van der Waals surface area (Å²) in [5, 5.41) is 8.83. The average molecular weight is 343 g/mol. The molecule has 0 saturated carbocycles. The van der Waals surface area contributed by atoms with Crippen LogP contribution in [0.5, 0.6) is 0 Å². The number of aromatic nitrogens is 3. The van der Waals surface area contributed by atoms with Crippen molar-refractivity contribution in [1.29, 1.82) is 0 Å². The van der Waals surface area contributed by atoms with Gasteiger partial charge in [-0.3, -0.25) is 0 Å². The van der Waals surface area contributed by atoms with Gasteiger partial charge in [-0.15, -0.1) is 0 Å². The molecule has 1 atom stereocenters. The minimum absolute atomic E-state index is 0.145. The van der Waals surface area contributed by atoms with Gasteiger partial charge in [0.05, 0.1) is 0 Å². The minimum atomic E-state index is -0.145. The number of anilines is 1. The predicted molar refractivity (Wildman–Crippen MR) is 92.7 cm³/mol. The van der Waals surface area contributed by atoms with Gasteiger partial charge in [-0.2, -0.15) is 10.1 Å². The normalized spacial score (nSPS) is 16.4. The van der Waals surface area contributed by atoms with Gasteiger partial charge >= 0.3 is 0 Å². The SMILES string of the molecule is Clc1ccc([C@@H]2C=C(c3ccccc3)Nc3ncnn32)c(Cl)c1. The maximum atomic E-state index is 6.39. The van der Waals surface area contributed by atoms with Crippen molar-refractivity contribution in [1.82, 2.24) is 14.8 Å². The van der Waals surface area contributed by atoms with Gasteiger partial charge in [-0.25, -0.2) is 4.68 Å². The maximum Gasteiger partial charge on any atom is 0.226 e. The molecular weight excluding hydrogens is 331 g/mol. The van der Waals surface area contributed by atoms with E-state index < -0.39 is 0 Å². The third-order valence-corrected chi connectivity index (χ3v) is 4.34. The third-order valence-electron chi connectivity index (χ3n) is 3.77. The lowest BCUT2D eigenvalue weighted by molar-refractivity contribution is 0.612. The molecule has 0 bridgehead atoms. The lowest BCUT2D eigenvalue weighted by Gasteiger charge is -2.25. The number of halogens is 2. The highest BCUT2D eigenvalue weighted by atomic mass is 35.5. The first-order valence-electron chi connectivity index (χ1n) is 7.11. The van der Waals surface area contributed by atoms with Crippen LogP contribution in [0.25, 0.3) is 5.70 Å². The van der Waals surface area contributed by atoms with Crippen LogP contribution in [0.1, 0.15) is 17.2 Å². The summed E-state index contributed by atoms with van der Waals surface area (Å²) in [5.41, 5.74) is 2.98. The Bertz CT molecular complexity index is 887. The van der Waals surface area contributed by atoms with Crippen LogP contribution in [0.3, 0.4) is 0 Å². The fourth-order valence-electron chi connectivity index (χ4n) is 2.68. The van der Waals surface area contributed by atoms with Crippen LogP contribution in [-0.2, 0) is 0 Å². The molecule has 114 valence electrons. The van der Waals surface area contributed by atoms with Gasteiger partial charge in [0, 0.05) is 15.7 Å². The number of nitrogens with one attached hydrogen (secondary N) is 1. The summed E-state index contributed by atoms with van der Waals surface area (Å²) in [4.78, 5) is 4.29. The van der Waals surface area contributed by atoms with Crippen molar-refractivity contribution in [2.45, 2.75) is 6.04 Å². The van der Waals surface area contributed by atoms with Crippen LogP contribution in [0.4, 0.5) is 5.95 Å². The molecule has 1 aliphatic rings. The van der Waals surface area contributed by atoms with E-state index in [0.29, 0.717) is 16.0 Å². The molecule has 0 amide bonds. The summed E-state index contributed by atoms with van der Waals surface area (Å²) in [7, 11) is 0. The Labute approximate surface area is 143 Å². The lowest BCUT2D eigenvalue weighted by atomic mass is 10.0. The van der Waals surface area contributed by atoms with Crippen molar-refractivity contribution < 1.29 is 0 Å². The Kier molecular flexibility index (Phi) is 3.56. The number of rotatable bonds is 2. The van der Waals surface area contributed by atoms with Gasteiger partial charge in [0.15, 0.2) is 0 Å². The molecule has 2 aromatic carbocycles. The second-order valence-corrected chi connectivity index (χ2v) is 6.05. The van der Waals surface area contributed by atoms with E-state index in [1.165, 1.54) is 6.33 Å². The van der Waals surface area contributed by atoms with Crippen LogP contribution >= 0.6 is 23.2 Å². The van der Waals surface area contributed by atoms with Crippen molar-refractivity contribution in [2.24, 2.45) is 0 Å². The molecule has 0 fully saturated rings. The third kappa shape index (κ3) is 2.60. The first-order valence-corrected chi connectivity index (χ1v) is 7.87. The molecule has 0 radical (unpaired) electrons. The Morgan fingerprint density at radius 3 is 2.65 bits per heavy atom. The summed E-state index contributed by atoms with van der Waals surface area (Å²) < 4.78 is 1.81. The van der Waals surface area contributed by atoms with E-state index in [1.807, 2.05) is 47.1 Å². The summed E-state index contributed by atoms with van der Waals surface area (Å²) >= 11 is 12.4. The first kappa shape index (κ1) is 14.3. The molecule has 1 aromatic heterocycles. The summed E-state index contributed by atoms with van der Waals surface area (Å²) in [5.74, 6) is 0.683. The van der Waals surface area contributed by atoms with Crippen LogP contribution in [0.15, 0.2) is 60.9 Å². The van der Waals surface area contributed by atoms with Crippen molar-refractivity contribution in [2.75, 3.05) is 5.32 Å². The topological polar surface area (TPSA) is 42.7 Å². The number of benzene rings is 2. The van der Waals surface area contributed by atoms with Gasteiger partial charge in [-0.1, -0.05) is 59.6 Å². The highest BCUT2D eigenvalue weighted by molar-refractivity contribution is 6.35. The van der Waals surface area contributed by atoms with E-state index in [2.05, 4.69) is 21.5 Å². The lowest BCUT2D eigenvalue weighted by Crippen LogP contribution is -2.20. The second kappa shape index (κ2) is 5.72. The molecule has 3 aromatic rings. The highest BCUT2D eigenvalue weighted by Gasteiger charge is 2.24. The monoisotopic (exact) mass is 342 g/mol. The molecule has 0 saturated heterocycles. The quantitative estimate of drug-likeness (QED) is 0.737. The largest absolute Gasteiger partial charge is 0.324 e. The summed E-state index contributed by atoms with van der Waals surface area (Å²) in [6.45, 7) is 0. The predicted octanol–water partition coefficient (Wildman–Crippen LogP) is 4.64. The number of fused-ring (bicyclic) bond motifs is 1. The fraction of sp³-hybridized carbons (Fsp3) is 0.0588. The average Bonchev–Trinajstić information content (AvgIpc) is 3.03.